The summed E-state index contributed by atoms with van der Waals surface area (Å²) in [4.78, 5) is 18.7. The maximum absolute atomic E-state index is 12.5. The largest absolute Gasteiger partial charge is 0.368 e. The molecule has 0 aliphatic carbocycles. The summed E-state index contributed by atoms with van der Waals surface area (Å²) in [5, 5.41) is 11.7. The average molecular weight is 384 g/mol. The van der Waals surface area contributed by atoms with Gasteiger partial charge in [-0.3, -0.25) is 9.78 Å². The lowest BCUT2D eigenvalue weighted by molar-refractivity contribution is 0.102. The molecule has 1 amide bonds. The van der Waals surface area contributed by atoms with Gasteiger partial charge in [0.1, 0.15) is 5.69 Å². The topological polar surface area (TPSA) is 103 Å². The first-order valence-electron chi connectivity index (χ1n) is 8.66. The number of anilines is 2. The van der Waals surface area contributed by atoms with Crippen molar-refractivity contribution in [1.29, 1.82) is 5.26 Å². The molecule has 0 spiro atoms. The van der Waals surface area contributed by atoms with Gasteiger partial charge in [0, 0.05) is 30.2 Å². The molecule has 1 saturated heterocycles. The Hall–Kier alpha value is -2.92. The minimum atomic E-state index is -3.00. The number of hydrogen-bond donors (Lipinski definition) is 1. The Kier molecular flexibility index (Phi) is 5.42. The predicted octanol–water partition coefficient (Wildman–Crippen LogP) is 2.22. The highest BCUT2D eigenvalue weighted by Crippen LogP contribution is 2.24. The minimum Gasteiger partial charge on any atom is -0.368 e. The summed E-state index contributed by atoms with van der Waals surface area (Å²) in [6, 6.07) is 12.0. The lowest BCUT2D eigenvalue weighted by Gasteiger charge is -2.29. The molecule has 1 aromatic heterocycles. The Labute approximate surface area is 158 Å². The van der Waals surface area contributed by atoms with E-state index in [1.165, 1.54) is 0 Å². The molecule has 1 unspecified atom stereocenters. The van der Waals surface area contributed by atoms with Crippen molar-refractivity contribution in [2.24, 2.45) is 0 Å². The summed E-state index contributed by atoms with van der Waals surface area (Å²) < 4.78 is 23.6. The maximum atomic E-state index is 12.5. The number of nitriles is 1. The van der Waals surface area contributed by atoms with Crippen molar-refractivity contribution in [2.75, 3.05) is 28.3 Å². The van der Waals surface area contributed by atoms with E-state index >= 15 is 0 Å². The molecule has 0 bridgehead atoms. The van der Waals surface area contributed by atoms with Crippen LogP contribution >= 0.6 is 0 Å². The molecule has 140 valence electrons. The number of carbonyl (C=O) groups excluding carboxylic acids is 1. The molecule has 2 aromatic rings. The highest BCUT2D eigenvalue weighted by atomic mass is 32.2. The summed E-state index contributed by atoms with van der Waals surface area (Å²) >= 11 is 0. The van der Waals surface area contributed by atoms with Gasteiger partial charge in [0.05, 0.1) is 23.1 Å². The van der Waals surface area contributed by atoms with Crippen LogP contribution in [-0.2, 0) is 9.84 Å². The summed E-state index contributed by atoms with van der Waals surface area (Å²) in [6.07, 6.45) is 2.13. The molecule has 2 heterocycles. The third-order valence-electron chi connectivity index (χ3n) is 4.55. The first-order valence-corrected chi connectivity index (χ1v) is 10.5. The molecule has 1 aliphatic heterocycles. The van der Waals surface area contributed by atoms with Gasteiger partial charge in [0.25, 0.3) is 5.91 Å². The van der Waals surface area contributed by atoms with Crippen molar-refractivity contribution < 1.29 is 13.2 Å². The molecular weight excluding hydrogens is 364 g/mol. The normalized spacial score (nSPS) is 17.9. The second kappa shape index (κ2) is 7.76. The third kappa shape index (κ3) is 4.44. The SMILES string of the molecule is CCN(c1ccnc(C(=O)Nc2cccc(C#N)c2)c1)C1CCS(=O)(=O)C1. The van der Waals surface area contributed by atoms with Crippen LogP contribution in [0.25, 0.3) is 0 Å². The highest BCUT2D eigenvalue weighted by molar-refractivity contribution is 7.91. The van der Waals surface area contributed by atoms with Crippen molar-refractivity contribution in [2.45, 2.75) is 19.4 Å². The molecule has 1 atom stereocenters. The number of rotatable bonds is 5. The van der Waals surface area contributed by atoms with Crippen LogP contribution < -0.4 is 10.2 Å². The molecule has 0 saturated carbocycles. The van der Waals surface area contributed by atoms with Crippen LogP contribution in [0.15, 0.2) is 42.6 Å². The van der Waals surface area contributed by atoms with Crippen LogP contribution in [0.5, 0.6) is 0 Å². The van der Waals surface area contributed by atoms with E-state index < -0.39 is 9.84 Å². The monoisotopic (exact) mass is 384 g/mol. The second-order valence-electron chi connectivity index (χ2n) is 6.39. The molecule has 1 fully saturated rings. The highest BCUT2D eigenvalue weighted by Gasteiger charge is 2.32. The van der Waals surface area contributed by atoms with Crippen molar-refractivity contribution in [3.05, 3.63) is 53.9 Å². The van der Waals surface area contributed by atoms with Crippen molar-refractivity contribution in [3.63, 3.8) is 0 Å². The third-order valence-corrected chi connectivity index (χ3v) is 6.30. The van der Waals surface area contributed by atoms with E-state index in [-0.39, 0.29) is 29.1 Å². The lowest BCUT2D eigenvalue weighted by Crippen LogP contribution is -2.36. The van der Waals surface area contributed by atoms with E-state index in [0.717, 1.165) is 5.69 Å². The molecular formula is C19H20N4O3S. The van der Waals surface area contributed by atoms with E-state index in [2.05, 4.69) is 10.3 Å². The fourth-order valence-electron chi connectivity index (χ4n) is 3.26. The number of pyridine rings is 1. The average Bonchev–Trinajstić information content (AvgIpc) is 3.02. The van der Waals surface area contributed by atoms with Gasteiger partial charge in [-0.25, -0.2) is 8.42 Å². The van der Waals surface area contributed by atoms with Gasteiger partial charge < -0.3 is 10.2 Å². The van der Waals surface area contributed by atoms with Crippen LogP contribution in [-0.4, -0.2) is 43.4 Å². The number of benzene rings is 1. The van der Waals surface area contributed by atoms with Gasteiger partial charge >= 0.3 is 0 Å². The summed E-state index contributed by atoms with van der Waals surface area (Å²) in [6.45, 7) is 2.59. The molecule has 1 aliphatic rings. The molecule has 27 heavy (non-hydrogen) atoms. The first-order chi connectivity index (χ1) is 12.9. The molecule has 0 radical (unpaired) electrons. The maximum Gasteiger partial charge on any atom is 0.274 e. The van der Waals surface area contributed by atoms with Crippen LogP contribution in [0, 0.1) is 11.3 Å². The van der Waals surface area contributed by atoms with Gasteiger partial charge in [-0.2, -0.15) is 5.26 Å². The van der Waals surface area contributed by atoms with Gasteiger partial charge in [-0.15, -0.1) is 0 Å². The summed E-state index contributed by atoms with van der Waals surface area (Å²) in [5.41, 5.74) is 1.97. The zero-order valence-corrected chi connectivity index (χ0v) is 15.7. The summed E-state index contributed by atoms with van der Waals surface area (Å²) in [5.74, 6) is -0.0601. The quantitative estimate of drug-likeness (QED) is 0.848. The van der Waals surface area contributed by atoms with Crippen LogP contribution in [0.3, 0.4) is 0 Å². The number of hydrogen-bond acceptors (Lipinski definition) is 6. The minimum absolute atomic E-state index is 0.0920. The van der Waals surface area contributed by atoms with E-state index in [0.29, 0.717) is 24.2 Å². The zero-order valence-electron chi connectivity index (χ0n) is 14.9. The molecule has 1 N–H and O–H groups in total. The van der Waals surface area contributed by atoms with Crippen molar-refractivity contribution in [1.82, 2.24) is 4.98 Å². The van der Waals surface area contributed by atoms with Crippen LogP contribution in [0.2, 0.25) is 0 Å². The van der Waals surface area contributed by atoms with Gasteiger partial charge in [0.2, 0.25) is 0 Å². The van der Waals surface area contributed by atoms with E-state index in [4.69, 9.17) is 5.26 Å². The Morgan fingerprint density at radius 2 is 2.19 bits per heavy atom. The summed E-state index contributed by atoms with van der Waals surface area (Å²) in [7, 11) is -3.00. The first kappa shape index (κ1) is 18.9. The van der Waals surface area contributed by atoms with Crippen molar-refractivity contribution in [3.8, 4) is 6.07 Å². The number of sulfone groups is 1. The zero-order chi connectivity index (χ0) is 19.4. The Balaban J connectivity index is 1.80. The Morgan fingerprint density at radius 1 is 1.37 bits per heavy atom. The molecule has 3 rings (SSSR count). The van der Waals surface area contributed by atoms with Gasteiger partial charge in [-0.05, 0) is 43.7 Å². The Bertz CT molecular complexity index is 998. The van der Waals surface area contributed by atoms with E-state index in [1.807, 2.05) is 17.9 Å². The molecule has 7 nitrogen and oxygen atoms in total. The van der Waals surface area contributed by atoms with E-state index in [9.17, 15) is 13.2 Å². The smallest absolute Gasteiger partial charge is 0.274 e. The number of nitrogens with zero attached hydrogens (tertiary/aromatic N) is 3. The van der Waals surface area contributed by atoms with Gasteiger partial charge in [-0.1, -0.05) is 6.07 Å². The van der Waals surface area contributed by atoms with Gasteiger partial charge in [0.15, 0.2) is 9.84 Å². The number of nitrogens with one attached hydrogen (secondary N) is 1. The lowest BCUT2D eigenvalue weighted by atomic mass is 10.2. The fourth-order valence-corrected chi connectivity index (χ4v) is 4.99. The van der Waals surface area contributed by atoms with Crippen LogP contribution in [0.4, 0.5) is 11.4 Å². The van der Waals surface area contributed by atoms with E-state index in [1.54, 1.807) is 42.6 Å². The number of amides is 1. The van der Waals surface area contributed by atoms with Crippen molar-refractivity contribution >= 4 is 27.1 Å². The number of aromatic nitrogens is 1. The van der Waals surface area contributed by atoms with Crippen LogP contribution in [0.1, 0.15) is 29.4 Å². The molecule has 8 heteroatoms. The standard InChI is InChI=1S/C19H20N4O3S/c1-2-23(17-7-9-27(25,26)13-17)16-6-8-21-18(11-16)19(24)22-15-5-3-4-14(10-15)12-20/h3-6,8,10-11,17H,2,7,9,13H2,1H3,(H,22,24). The molecule has 1 aromatic carbocycles. The predicted molar refractivity (Wildman–Crippen MR) is 103 cm³/mol. The fraction of sp³-hybridized carbons (Fsp3) is 0.316. The Morgan fingerprint density at radius 3 is 2.85 bits per heavy atom. The second-order valence-corrected chi connectivity index (χ2v) is 8.62. The number of carbonyl (C=O) groups is 1.